The lowest BCUT2D eigenvalue weighted by atomic mass is 10.2. The Morgan fingerprint density at radius 2 is 2.15 bits per heavy atom. The Kier molecular flexibility index (Phi) is 3.74. The molecule has 3 nitrogen and oxygen atoms in total. The van der Waals surface area contributed by atoms with Gasteiger partial charge in [-0.1, -0.05) is 37.9 Å². The summed E-state index contributed by atoms with van der Waals surface area (Å²) in [5.74, 6) is 0. The lowest BCUT2D eigenvalue weighted by molar-refractivity contribution is 0.0852. The molecule has 0 spiro atoms. The maximum atomic E-state index is 10.1. The standard InChI is InChI=1S/C8H6Br2O3/c9-6-2-1-5(7(10)3-6)4-13-8(11)12/h1-3H,4H2,(H,11,12). The fourth-order valence-electron chi connectivity index (χ4n) is 0.778. The highest BCUT2D eigenvalue weighted by molar-refractivity contribution is 9.11. The van der Waals surface area contributed by atoms with Gasteiger partial charge in [0.2, 0.25) is 0 Å². The van der Waals surface area contributed by atoms with Gasteiger partial charge in [-0.15, -0.1) is 0 Å². The molecule has 0 fully saturated rings. The van der Waals surface area contributed by atoms with Crippen molar-refractivity contribution in [2.45, 2.75) is 6.61 Å². The predicted octanol–water partition coefficient (Wildman–Crippen LogP) is 3.41. The molecule has 5 heteroatoms. The van der Waals surface area contributed by atoms with E-state index >= 15 is 0 Å². The molecule has 0 atom stereocenters. The van der Waals surface area contributed by atoms with Crippen molar-refractivity contribution in [3.05, 3.63) is 32.7 Å². The molecule has 1 rings (SSSR count). The average molecular weight is 310 g/mol. The highest BCUT2D eigenvalue weighted by atomic mass is 79.9. The molecule has 0 radical (unpaired) electrons. The minimum Gasteiger partial charge on any atom is -0.450 e. The Morgan fingerprint density at radius 1 is 1.46 bits per heavy atom. The summed E-state index contributed by atoms with van der Waals surface area (Å²) >= 11 is 6.58. The summed E-state index contributed by atoms with van der Waals surface area (Å²) in [5, 5.41) is 8.27. The first kappa shape index (κ1) is 10.5. The molecule has 0 saturated carbocycles. The van der Waals surface area contributed by atoms with Crippen LogP contribution in [0.1, 0.15) is 5.56 Å². The van der Waals surface area contributed by atoms with Crippen molar-refractivity contribution in [1.82, 2.24) is 0 Å². The van der Waals surface area contributed by atoms with Crippen LogP contribution >= 0.6 is 31.9 Å². The number of hydrogen-bond acceptors (Lipinski definition) is 2. The molecule has 0 aromatic heterocycles. The first-order valence-electron chi connectivity index (χ1n) is 3.39. The quantitative estimate of drug-likeness (QED) is 0.852. The number of ether oxygens (including phenoxy) is 1. The Labute approximate surface area is 92.0 Å². The van der Waals surface area contributed by atoms with Crippen molar-refractivity contribution < 1.29 is 14.6 Å². The van der Waals surface area contributed by atoms with Gasteiger partial charge in [-0.3, -0.25) is 0 Å². The molecule has 70 valence electrons. The van der Waals surface area contributed by atoms with E-state index in [0.29, 0.717) is 0 Å². The third kappa shape index (κ3) is 3.36. The zero-order valence-electron chi connectivity index (χ0n) is 6.46. The lowest BCUT2D eigenvalue weighted by Gasteiger charge is -2.03. The van der Waals surface area contributed by atoms with Crippen molar-refractivity contribution in [3.63, 3.8) is 0 Å². The third-order valence-corrected chi connectivity index (χ3v) is 2.60. The molecule has 1 aromatic rings. The van der Waals surface area contributed by atoms with E-state index in [-0.39, 0.29) is 6.61 Å². The van der Waals surface area contributed by atoms with Crippen LogP contribution in [0, 0.1) is 0 Å². The lowest BCUT2D eigenvalue weighted by Crippen LogP contribution is -2.00. The number of halogens is 2. The van der Waals surface area contributed by atoms with Crippen molar-refractivity contribution in [2.24, 2.45) is 0 Å². The molecule has 0 aliphatic heterocycles. The van der Waals surface area contributed by atoms with E-state index < -0.39 is 6.16 Å². The van der Waals surface area contributed by atoms with Crippen LogP contribution in [0.5, 0.6) is 0 Å². The average Bonchev–Trinajstić information content (AvgIpc) is 2.02. The molecule has 0 amide bonds. The molecule has 0 bridgehead atoms. The van der Waals surface area contributed by atoms with Gasteiger partial charge >= 0.3 is 6.16 Å². The summed E-state index contributed by atoms with van der Waals surface area (Å²) in [7, 11) is 0. The summed E-state index contributed by atoms with van der Waals surface area (Å²) in [5.41, 5.74) is 0.797. The number of carbonyl (C=O) groups is 1. The van der Waals surface area contributed by atoms with Crippen LogP contribution in [0.4, 0.5) is 4.79 Å². The monoisotopic (exact) mass is 308 g/mol. The van der Waals surface area contributed by atoms with E-state index in [4.69, 9.17) is 5.11 Å². The van der Waals surface area contributed by atoms with Gasteiger partial charge < -0.3 is 9.84 Å². The summed E-state index contributed by atoms with van der Waals surface area (Å²) in [6, 6.07) is 5.45. The topological polar surface area (TPSA) is 46.5 Å². The second-order valence-corrected chi connectivity index (χ2v) is 4.06. The molecule has 0 saturated heterocycles. The van der Waals surface area contributed by atoms with E-state index in [0.717, 1.165) is 14.5 Å². The Bertz CT molecular complexity index is 325. The minimum atomic E-state index is -1.27. The first-order chi connectivity index (χ1) is 6.09. The highest BCUT2D eigenvalue weighted by Crippen LogP contribution is 2.22. The summed E-state index contributed by atoms with van der Waals surface area (Å²) in [6.45, 7) is 0.0587. The van der Waals surface area contributed by atoms with E-state index in [9.17, 15) is 4.79 Å². The minimum absolute atomic E-state index is 0.0587. The smallest absolute Gasteiger partial charge is 0.450 e. The van der Waals surface area contributed by atoms with Gasteiger partial charge in [0, 0.05) is 14.5 Å². The van der Waals surface area contributed by atoms with Gasteiger partial charge in [0.05, 0.1) is 0 Å². The summed E-state index contributed by atoms with van der Waals surface area (Å²) in [6.07, 6.45) is -1.27. The number of carboxylic acid groups (broad SMARTS) is 1. The first-order valence-corrected chi connectivity index (χ1v) is 4.98. The molecule has 0 aliphatic carbocycles. The van der Waals surface area contributed by atoms with E-state index in [1.807, 2.05) is 12.1 Å². The van der Waals surface area contributed by atoms with Gasteiger partial charge in [-0.05, 0) is 12.1 Å². The molecule has 1 N–H and O–H groups in total. The largest absolute Gasteiger partial charge is 0.506 e. The van der Waals surface area contributed by atoms with Crippen molar-refractivity contribution in [2.75, 3.05) is 0 Å². The number of hydrogen-bond donors (Lipinski definition) is 1. The van der Waals surface area contributed by atoms with Gasteiger partial charge in [0.1, 0.15) is 6.61 Å². The van der Waals surface area contributed by atoms with Crippen molar-refractivity contribution >= 4 is 38.0 Å². The third-order valence-electron chi connectivity index (χ3n) is 1.37. The van der Waals surface area contributed by atoms with Gasteiger partial charge in [-0.25, -0.2) is 4.79 Å². The van der Waals surface area contributed by atoms with Crippen molar-refractivity contribution in [3.8, 4) is 0 Å². The zero-order valence-corrected chi connectivity index (χ0v) is 9.63. The Balaban J connectivity index is 2.72. The molecule has 1 aromatic carbocycles. The van der Waals surface area contributed by atoms with E-state index in [2.05, 4.69) is 36.6 Å². The predicted molar refractivity (Wildman–Crippen MR) is 54.7 cm³/mol. The van der Waals surface area contributed by atoms with E-state index in [1.54, 1.807) is 6.07 Å². The van der Waals surface area contributed by atoms with Crippen molar-refractivity contribution in [1.29, 1.82) is 0 Å². The van der Waals surface area contributed by atoms with E-state index in [1.165, 1.54) is 0 Å². The van der Waals surface area contributed by atoms with Crippen LogP contribution in [0.3, 0.4) is 0 Å². The normalized spacial score (nSPS) is 9.69. The molecular formula is C8H6Br2O3. The molecule has 0 heterocycles. The maximum Gasteiger partial charge on any atom is 0.506 e. The summed E-state index contributed by atoms with van der Waals surface area (Å²) in [4.78, 5) is 10.1. The SMILES string of the molecule is O=C(O)OCc1ccc(Br)cc1Br. The second-order valence-electron chi connectivity index (χ2n) is 2.29. The van der Waals surface area contributed by atoms with Crippen LogP contribution < -0.4 is 0 Å². The molecule has 0 unspecified atom stereocenters. The number of rotatable bonds is 2. The van der Waals surface area contributed by atoms with Crippen LogP contribution in [-0.4, -0.2) is 11.3 Å². The highest BCUT2D eigenvalue weighted by Gasteiger charge is 2.03. The fraction of sp³-hybridized carbons (Fsp3) is 0.125. The maximum absolute atomic E-state index is 10.1. The number of benzene rings is 1. The zero-order chi connectivity index (χ0) is 9.84. The molecular weight excluding hydrogens is 304 g/mol. The fourth-order valence-corrected chi connectivity index (χ4v) is 1.94. The van der Waals surface area contributed by atoms with Gasteiger partial charge in [-0.2, -0.15) is 0 Å². The summed E-state index contributed by atoms with van der Waals surface area (Å²) < 4.78 is 6.17. The van der Waals surface area contributed by atoms with Crippen LogP contribution in [0.15, 0.2) is 27.1 Å². The molecule has 0 aliphatic rings. The Morgan fingerprint density at radius 3 is 2.69 bits per heavy atom. The second kappa shape index (κ2) is 4.62. The van der Waals surface area contributed by atoms with Crippen LogP contribution in [0.2, 0.25) is 0 Å². The van der Waals surface area contributed by atoms with Crippen LogP contribution in [-0.2, 0) is 11.3 Å². The van der Waals surface area contributed by atoms with Gasteiger partial charge in [0.25, 0.3) is 0 Å². The molecule has 13 heavy (non-hydrogen) atoms. The Hall–Kier alpha value is -0.550. The van der Waals surface area contributed by atoms with Gasteiger partial charge in [0.15, 0.2) is 0 Å². The van der Waals surface area contributed by atoms with Crippen LogP contribution in [0.25, 0.3) is 0 Å².